The minimum atomic E-state index is -1.07. The summed E-state index contributed by atoms with van der Waals surface area (Å²) < 4.78 is 0.375. The molecule has 0 aliphatic rings. The predicted molar refractivity (Wildman–Crippen MR) is 74.0 cm³/mol. The number of hydrogen-bond donors (Lipinski definition) is 2. The first-order valence-electron chi connectivity index (χ1n) is 5.72. The number of thiophene rings is 1. The van der Waals surface area contributed by atoms with Gasteiger partial charge in [-0.1, -0.05) is 6.07 Å². The first-order valence-corrected chi connectivity index (χ1v) is 6.54. The van der Waals surface area contributed by atoms with Crippen LogP contribution in [0.5, 0.6) is 5.88 Å². The van der Waals surface area contributed by atoms with Crippen molar-refractivity contribution in [3.8, 4) is 17.4 Å². The fourth-order valence-electron chi connectivity index (χ4n) is 1.93. The number of rotatable bonds is 2. The van der Waals surface area contributed by atoms with Crippen molar-refractivity contribution in [1.82, 2.24) is 15.0 Å². The van der Waals surface area contributed by atoms with Gasteiger partial charge in [-0.2, -0.15) is 4.98 Å². The van der Waals surface area contributed by atoms with Gasteiger partial charge in [-0.05, 0) is 19.1 Å². The maximum Gasteiger partial charge on any atom is 0.339 e. The topological polar surface area (TPSA) is 96.2 Å². The van der Waals surface area contributed by atoms with Crippen molar-refractivity contribution < 1.29 is 15.0 Å². The van der Waals surface area contributed by atoms with E-state index < -0.39 is 5.97 Å². The first-order chi connectivity index (χ1) is 9.58. The van der Waals surface area contributed by atoms with E-state index in [1.165, 1.54) is 0 Å². The van der Waals surface area contributed by atoms with Crippen molar-refractivity contribution in [2.45, 2.75) is 6.92 Å². The van der Waals surface area contributed by atoms with Crippen LogP contribution in [0.2, 0.25) is 0 Å². The van der Waals surface area contributed by atoms with Crippen LogP contribution in [-0.4, -0.2) is 31.1 Å². The van der Waals surface area contributed by atoms with E-state index in [4.69, 9.17) is 0 Å². The summed E-state index contributed by atoms with van der Waals surface area (Å²) in [5.41, 5.74) is 0.818. The fraction of sp³-hybridized carbons (Fsp3) is 0.0769. The molecule has 6 nitrogen and oxygen atoms in total. The SMILES string of the molecule is Cc1sc2c(O)nc(-c3ccccn3)nc2c1C(=O)O. The second kappa shape index (κ2) is 4.53. The monoisotopic (exact) mass is 287 g/mol. The van der Waals surface area contributed by atoms with Gasteiger partial charge < -0.3 is 10.2 Å². The molecule has 7 heteroatoms. The van der Waals surface area contributed by atoms with E-state index in [-0.39, 0.29) is 22.8 Å². The van der Waals surface area contributed by atoms with Crippen molar-refractivity contribution in [2.24, 2.45) is 0 Å². The van der Waals surface area contributed by atoms with Crippen molar-refractivity contribution in [1.29, 1.82) is 0 Å². The number of carboxylic acids is 1. The molecule has 2 N–H and O–H groups in total. The number of aromatic nitrogens is 3. The lowest BCUT2D eigenvalue weighted by molar-refractivity contribution is 0.0698. The number of fused-ring (bicyclic) bond motifs is 1. The van der Waals surface area contributed by atoms with Gasteiger partial charge in [0.25, 0.3) is 0 Å². The van der Waals surface area contributed by atoms with Gasteiger partial charge in [0.2, 0.25) is 5.88 Å². The van der Waals surface area contributed by atoms with Gasteiger partial charge in [0.1, 0.15) is 15.9 Å². The van der Waals surface area contributed by atoms with Gasteiger partial charge in [-0.15, -0.1) is 11.3 Å². The van der Waals surface area contributed by atoms with Crippen molar-refractivity contribution in [2.75, 3.05) is 0 Å². The molecule has 0 saturated heterocycles. The van der Waals surface area contributed by atoms with E-state index in [0.29, 0.717) is 15.3 Å². The van der Waals surface area contributed by atoms with Gasteiger partial charge in [0.15, 0.2) is 5.82 Å². The van der Waals surface area contributed by atoms with Gasteiger partial charge in [-0.3, -0.25) is 4.98 Å². The number of aromatic hydroxyl groups is 1. The summed E-state index contributed by atoms with van der Waals surface area (Å²) in [4.78, 5) is 24.2. The van der Waals surface area contributed by atoms with E-state index in [2.05, 4.69) is 15.0 Å². The number of carbonyl (C=O) groups is 1. The summed E-state index contributed by atoms with van der Waals surface area (Å²) >= 11 is 1.16. The van der Waals surface area contributed by atoms with Crippen LogP contribution in [0.4, 0.5) is 0 Å². The molecule has 0 unspecified atom stereocenters. The largest absolute Gasteiger partial charge is 0.492 e. The number of pyridine rings is 1. The molecule has 3 heterocycles. The van der Waals surface area contributed by atoms with E-state index in [1.54, 1.807) is 31.3 Å². The van der Waals surface area contributed by atoms with Crippen molar-refractivity contribution >= 4 is 27.5 Å². The first kappa shape index (κ1) is 12.5. The molecule has 3 aromatic rings. The molecule has 0 aliphatic carbocycles. The molecule has 0 aliphatic heterocycles. The van der Waals surface area contributed by atoms with Crippen molar-refractivity contribution in [3.05, 3.63) is 34.8 Å². The molecule has 3 rings (SSSR count). The summed E-state index contributed by atoms with van der Waals surface area (Å²) in [6.07, 6.45) is 1.58. The van der Waals surface area contributed by atoms with E-state index in [0.717, 1.165) is 11.3 Å². The molecule has 0 saturated carbocycles. The molecule has 20 heavy (non-hydrogen) atoms. The minimum absolute atomic E-state index is 0.0971. The zero-order valence-corrected chi connectivity index (χ0v) is 11.2. The Kier molecular flexibility index (Phi) is 2.83. The second-order valence-corrected chi connectivity index (χ2v) is 5.33. The molecule has 0 atom stereocenters. The molecular weight excluding hydrogens is 278 g/mol. The van der Waals surface area contributed by atoms with Crippen LogP contribution in [0.3, 0.4) is 0 Å². The summed E-state index contributed by atoms with van der Waals surface area (Å²) in [6, 6.07) is 5.21. The predicted octanol–water partition coefficient (Wildman–Crippen LogP) is 2.47. The third kappa shape index (κ3) is 1.88. The molecule has 0 fully saturated rings. The molecule has 0 amide bonds. The van der Waals surface area contributed by atoms with Gasteiger partial charge in [0, 0.05) is 11.1 Å². The lowest BCUT2D eigenvalue weighted by Crippen LogP contribution is -1.99. The Morgan fingerprint density at radius 1 is 1.30 bits per heavy atom. The Morgan fingerprint density at radius 2 is 2.10 bits per heavy atom. The van der Waals surface area contributed by atoms with Crippen LogP contribution < -0.4 is 0 Å². The molecule has 0 aromatic carbocycles. The number of carboxylic acid groups (broad SMARTS) is 1. The summed E-state index contributed by atoms with van der Waals surface area (Å²) in [7, 11) is 0. The van der Waals surface area contributed by atoms with Crippen LogP contribution in [0.15, 0.2) is 24.4 Å². The highest BCUT2D eigenvalue weighted by Gasteiger charge is 2.21. The summed E-state index contributed by atoms with van der Waals surface area (Å²) in [6.45, 7) is 1.68. The lowest BCUT2D eigenvalue weighted by atomic mass is 10.2. The molecule has 100 valence electrons. The van der Waals surface area contributed by atoms with E-state index >= 15 is 0 Å². The Hall–Kier alpha value is -2.54. The smallest absolute Gasteiger partial charge is 0.339 e. The number of aromatic carboxylic acids is 1. The highest BCUT2D eigenvalue weighted by Crippen LogP contribution is 2.35. The molecule has 0 bridgehead atoms. The quantitative estimate of drug-likeness (QED) is 0.751. The fourth-order valence-corrected chi connectivity index (χ4v) is 2.91. The second-order valence-electron chi connectivity index (χ2n) is 4.10. The molecular formula is C13H9N3O3S. The average Bonchev–Trinajstić information content (AvgIpc) is 2.76. The Morgan fingerprint density at radius 3 is 2.75 bits per heavy atom. The van der Waals surface area contributed by atoms with Gasteiger partial charge in [0.05, 0.1) is 5.56 Å². The maximum atomic E-state index is 11.3. The zero-order valence-electron chi connectivity index (χ0n) is 10.4. The van der Waals surface area contributed by atoms with Crippen LogP contribution in [-0.2, 0) is 0 Å². The maximum absolute atomic E-state index is 11.3. The highest BCUT2D eigenvalue weighted by atomic mass is 32.1. The third-order valence-electron chi connectivity index (χ3n) is 2.80. The normalized spacial score (nSPS) is 10.8. The standard InChI is InChI=1S/C13H9N3O3S/c1-6-8(13(18)19)9-10(20-6)12(17)16-11(15-9)7-4-2-3-5-14-7/h2-5H,1H3,(H,18,19)(H,15,16,17). The molecule has 3 aromatic heterocycles. The van der Waals surface area contributed by atoms with E-state index in [1.807, 2.05) is 0 Å². The Bertz CT molecular complexity index is 815. The summed E-state index contributed by atoms with van der Waals surface area (Å²) in [5, 5.41) is 19.2. The zero-order chi connectivity index (χ0) is 14.3. The minimum Gasteiger partial charge on any atom is -0.492 e. The number of aryl methyl sites for hydroxylation is 1. The Labute approximate surface area is 117 Å². The van der Waals surface area contributed by atoms with Crippen LogP contribution >= 0.6 is 11.3 Å². The number of nitrogens with zero attached hydrogens (tertiary/aromatic N) is 3. The number of hydrogen-bond acceptors (Lipinski definition) is 6. The van der Waals surface area contributed by atoms with Gasteiger partial charge >= 0.3 is 5.97 Å². The van der Waals surface area contributed by atoms with Crippen molar-refractivity contribution in [3.63, 3.8) is 0 Å². The molecule has 0 radical (unpaired) electrons. The van der Waals surface area contributed by atoms with Crippen LogP contribution in [0.25, 0.3) is 21.7 Å². The van der Waals surface area contributed by atoms with Crippen LogP contribution in [0, 0.1) is 6.92 Å². The Balaban J connectivity index is 2.33. The van der Waals surface area contributed by atoms with Crippen LogP contribution in [0.1, 0.15) is 15.2 Å². The molecule has 0 spiro atoms. The van der Waals surface area contributed by atoms with E-state index in [9.17, 15) is 15.0 Å². The average molecular weight is 287 g/mol. The summed E-state index contributed by atoms with van der Waals surface area (Å²) in [5.74, 6) is -1.09. The highest BCUT2D eigenvalue weighted by molar-refractivity contribution is 7.19. The lowest BCUT2D eigenvalue weighted by Gasteiger charge is -2.01. The third-order valence-corrected chi connectivity index (χ3v) is 3.89. The van der Waals surface area contributed by atoms with Gasteiger partial charge in [-0.25, -0.2) is 9.78 Å².